The fourth-order valence-electron chi connectivity index (χ4n) is 2.96. The van der Waals surface area contributed by atoms with E-state index in [1.807, 2.05) is 5.32 Å². The molecule has 0 aliphatic rings. The molecule has 34 heavy (non-hydrogen) atoms. The molecule has 0 saturated carbocycles. The predicted octanol–water partition coefficient (Wildman–Crippen LogP) is 6.33. The Hall–Kier alpha value is -3.28. The van der Waals surface area contributed by atoms with Crippen LogP contribution in [0.2, 0.25) is 0 Å². The highest BCUT2D eigenvalue weighted by Crippen LogP contribution is 2.38. The van der Waals surface area contributed by atoms with Gasteiger partial charge in [0.15, 0.2) is 0 Å². The second-order valence-corrected chi connectivity index (χ2v) is 8.88. The van der Waals surface area contributed by atoms with Crippen molar-refractivity contribution in [3.8, 4) is 0 Å². The van der Waals surface area contributed by atoms with E-state index in [9.17, 15) is 39.6 Å². The Balaban J connectivity index is 2.61. The number of alkyl halides is 6. The van der Waals surface area contributed by atoms with Gasteiger partial charge in [-0.15, -0.1) is 0 Å². The van der Waals surface area contributed by atoms with Gasteiger partial charge in [-0.3, -0.25) is 9.52 Å². The van der Waals surface area contributed by atoms with Crippen LogP contribution < -0.4 is 10.0 Å². The maximum absolute atomic E-state index is 13.1. The molecule has 2 rings (SSSR count). The number of carbonyl (C=O) groups is 1. The normalized spacial score (nSPS) is 13.3. The number of amides is 1. The molecule has 0 aliphatic carbocycles. The molecule has 0 heterocycles. The second kappa shape index (κ2) is 9.92. The van der Waals surface area contributed by atoms with Crippen LogP contribution in [0.1, 0.15) is 40.9 Å². The standard InChI is InChI=1S/C22H20F6N2O3S/c1-4-6-13(5-2)14-7-8-19(30-34(3,32)33)18(9-14)20(31)29-17-11-15(21(23,24)25)10-16(12-17)22(26,27)28/h4-12,30H,1-3H3,(H,29,31)/b6-4-,13-5+. The third-order valence-corrected chi connectivity index (χ3v) is 4.99. The van der Waals surface area contributed by atoms with Gasteiger partial charge < -0.3 is 5.32 Å². The Bertz CT molecular complexity index is 1210. The van der Waals surface area contributed by atoms with Crippen LogP contribution in [0.4, 0.5) is 37.7 Å². The molecule has 0 bridgehead atoms. The summed E-state index contributed by atoms with van der Waals surface area (Å²) >= 11 is 0. The summed E-state index contributed by atoms with van der Waals surface area (Å²) in [4.78, 5) is 12.9. The first-order valence-corrected chi connectivity index (χ1v) is 11.5. The van der Waals surface area contributed by atoms with Crippen molar-refractivity contribution in [2.45, 2.75) is 26.2 Å². The van der Waals surface area contributed by atoms with Crippen molar-refractivity contribution >= 4 is 32.9 Å². The number of nitrogens with one attached hydrogen (secondary N) is 2. The fourth-order valence-corrected chi connectivity index (χ4v) is 3.54. The van der Waals surface area contributed by atoms with Gasteiger partial charge in [-0.25, -0.2) is 8.42 Å². The zero-order valence-corrected chi connectivity index (χ0v) is 18.9. The summed E-state index contributed by atoms with van der Waals surface area (Å²) in [5.74, 6) is -1.11. The molecule has 0 saturated heterocycles. The van der Waals surface area contributed by atoms with E-state index in [4.69, 9.17) is 0 Å². The van der Waals surface area contributed by atoms with E-state index < -0.39 is 45.1 Å². The molecule has 0 spiro atoms. The Morgan fingerprint density at radius 2 is 1.47 bits per heavy atom. The molecule has 0 fully saturated rings. The van der Waals surface area contributed by atoms with Crippen molar-refractivity contribution < 1.29 is 39.6 Å². The summed E-state index contributed by atoms with van der Waals surface area (Å²) in [5, 5.41) is 2.01. The van der Waals surface area contributed by atoms with Gasteiger partial charge in [0.05, 0.1) is 28.6 Å². The lowest BCUT2D eigenvalue weighted by atomic mass is 10.0. The van der Waals surface area contributed by atoms with E-state index in [2.05, 4.69) is 4.72 Å². The minimum atomic E-state index is -5.10. The molecule has 184 valence electrons. The molecule has 0 aromatic heterocycles. The van der Waals surface area contributed by atoms with E-state index in [1.165, 1.54) is 18.2 Å². The van der Waals surface area contributed by atoms with Gasteiger partial charge in [0.25, 0.3) is 5.91 Å². The van der Waals surface area contributed by atoms with E-state index >= 15 is 0 Å². The maximum Gasteiger partial charge on any atom is 0.416 e. The van der Waals surface area contributed by atoms with Gasteiger partial charge in [-0.2, -0.15) is 26.3 Å². The summed E-state index contributed by atoms with van der Waals surface area (Å²) in [5.41, 5.74) is -3.39. The minimum Gasteiger partial charge on any atom is -0.322 e. The predicted molar refractivity (Wildman–Crippen MR) is 118 cm³/mol. The number of halogens is 6. The van der Waals surface area contributed by atoms with Gasteiger partial charge in [-0.1, -0.05) is 24.3 Å². The zero-order chi connectivity index (χ0) is 25.9. The van der Waals surface area contributed by atoms with Crippen molar-refractivity contribution in [2.24, 2.45) is 0 Å². The lowest BCUT2D eigenvalue weighted by molar-refractivity contribution is -0.143. The number of rotatable bonds is 6. The van der Waals surface area contributed by atoms with Crippen LogP contribution in [-0.4, -0.2) is 20.6 Å². The Labute approximate surface area is 192 Å². The first-order valence-electron chi connectivity index (χ1n) is 9.57. The second-order valence-electron chi connectivity index (χ2n) is 7.13. The molecule has 2 aromatic rings. The molecule has 0 radical (unpaired) electrons. The van der Waals surface area contributed by atoms with Gasteiger partial charge in [0, 0.05) is 5.69 Å². The van der Waals surface area contributed by atoms with Gasteiger partial charge in [-0.05, 0) is 55.3 Å². The smallest absolute Gasteiger partial charge is 0.322 e. The topological polar surface area (TPSA) is 75.3 Å². The van der Waals surface area contributed by atoms with Gasteiger partial charge in [0.2, 0.25) is 10.0 Å². The number of carbonyl (C=O) groups excluding carboxylic acids is 1. The van der Waals surface area contributed by atoms with Crippen molar-refractivity contribution in [1.82, 2.24) is 0 Å². The molecule has 2 aromatic carbocycles. The third-order valence-electron chi connectivity index (χ3n) is 4.40. The Morgan fingerprint density at radius 1 is 0.912 bits per heavy atom. The van der Waals surface area contributed by atoms with Crippen molar-refractivity contribution in [3.05, 3.63) is 76.9 Å². The lowest BCUT2D eigenvalue weighted by Crippen LogP contribution is -2.19. The average molecular weight is 506 g/mol. The highest BCUT2D eigenvalue weighted by molar-refractivity contribution is 7.92. The number of benzene rings is 2. The van der Waals surface area contributed by atoms with Crippen molar-refractivity contribution in [2.75, 3.05) is 16.3 Å². The summed E-state index contributed by atoms with van der Waals surface area (Å²) in [6.45, 7) is 3.45. The third kappa shape index (κ3) is 7.11. The summed E-state index contributed by atoms with van der Waals surface area (Å²) in [6, 6.07) is 4.70. The first-order chi connectivity index (χ1) is 15.5. The number of hydrogen-bond donors (Lipinski definition) is 2. The van der Waals surface area contributed by atoms with Gasteiger partial charge in [0.1, 0.15) is 0 Å². The first kappa shape index (κ1) is 27.0. The van der Waals surface area contributed by atoms with Crippen molar-refractivity contribution in [3.63, 3.8) is 0 Å². The highest BCUT2D eigenvalue weighted by atomic mass is 32.2. The zero-order valence-electron chi connectivity index (χ0n) is 18.1. The quantitative estimate of drug-likeness (QED) is 0.355. The lowest BCUT2D eigenvalue weighted by Gasteiger charge is -2.16. The fraction of sp³-hybridized carbons (Fsp3) is 0.227. The largest absolute Gasteiger partial charge is 0.416 e. The Kier molecular flexibility index (Phi) is 7.87. The summed E-state index contributed by atoms with van der Waals surface area (Å²) in [7, 11) is -3.86. The number of allylic oxidation sites excluding steroid dienone is 4. The molecular formula is C22H20F6N2O3S. The van der Waals surface area contributed by atoms with E-state index in [0.717, 1.165) is 6.26 Å². The molecule has 0 unspecified atom stereocenters. The molecule has 5 nitrogen and oxygen atoms in total. The SMILES string of the molecule is C/C=C\C(=C/C)c1ccc(NS(C)(=O)=O)c(C(=O)Nc2cc(C(F)(F)F)cc(C(F)(F)F)c2)c1. The highest BCUT2D eigenvalue weighted by Gasteiger charge is 2.37. The van der Waals surface area contributed by atoms with Crippen LogP contribution in [0.25, 0.3) is 5.57 Å². The van der Waals surface area contributed by atoms with Crippen LogP contribution >= 0.6 is 0 Å². The van der Waals surface area contributed by atoms with Gasteiger partial charge >= 0.3 is 12.4 Å². The van der Waals surface area contributed by atoms with Crippen LogP contribution in [-0.2, 0) is 22.4 Å². The van der Waals surface area contributed by atoms with Crippen molar-refractivity contribution in [1.29, 1.82) is 0 Å². The number of anilines is 2. The molecule has 0 aliphatic heterocycles. The summed E-state index contributed by atoms with van der Waals surface area (Å²) < 4.78 is 104. The minimum absolute atomic E-state index is 0.0671. The summed E-state index contributed by atoms with van der Waals surface area (Å²) in [6.07, 6.45) is -4.28. The average Bonchev–Trinajstić information content (AvgIpc) is 2.69. The van der Waals surface area contributed by atoms with E-state index in [0.29, 0.717) is 23.3 Å². The molecule has 12 heteroatoms. The molecular weight excluding hydrogens is 486 g/mol. The monoisotopic (exact) mass is 506 g/mol. The van der Waals surface area contributed by atoms with Crippen LogP contribution in [0.3, 0.4) is 0 Å². The molecule has 2 N–H and O–H groups in total. The Morgan fingerprint density at radius 3 is 1.91 bits per heavy atom. The number of hydrogen-bond acceptors (Lipinski definition) is 3. The number of sulfonamides is 1. The van der Waals surface area contributed by atoms with E-state index in [1.54, 1.807) is 32.1 Å². The molecule has 1 amide bonds. The van der Waals surface area contributed by atoms with Crippen LogP contribution in [0.15, 0.2) is 54.6 Å². The van der Waals surface area contributed by atoms with E-state index in [-0.39, 0.29) is 17.3 Å². The van der Waals surface area contributed by atoms with Crippen LogP contribution in [0, 0.1) is 0 Å². The van der Waals surface area contributed by atoms with Crippen LogP contribution in [0.5, 0.6) is 0 Å². The molecule has 0 atom stereocenters. The maximum atomic E-state index is 13.1.